The second-order valence-corrected chi connectivity index (χ2v) is 3.99. The molecule has 0 atom stereocenters. The number of nitrogen functional groups attached to an aromatic ring is 1. The number of rotatable bonds is 2. The number of carbonyl (C=O) groups excluding carboxylic acids is 1. The average Bonchev–Trinajstić information content (AvgIpc) is 2.35. The second kappa shape index (κ2) is 4.83. The van der Waals surface area contributed by atoms with Crippen LogP contribution < -0.4 is 11.1 Å². The Hall–Kier alpha value is -2.43. The summed E-state index contributed by atoms with van der Waals surface area (Å²) in [7, 11) is 0. The van der Waals surface area contributed by atoms with Crippen molar-refractivity contribution in [2.24, 2.45) is 0 Å². The third kappa shape index (κ3) is 2.45. The van der Waals surface area contributed by atoms with Crippen LogP contribution in [0.25, 0.3) is 0 Å². The first-order valence-electron chi connectivity index (χ1n) is 5.53. The predicted octanol–water partition coefficient (Wildman–Crippen LogP) is 1.93. The van der Waals surface area contributed by atoms with E-state index < -0.39 is 0 Å². The molecule has 5 nitrogen and oxygen atoms in total. The SMILES string of the molecule is Cc1ncccc1NC(=O)c1cc(N)cnc1C. The molecule has 1 amide bonds. The first-order chi connectivity index (χ1) is 8.58. The summed E-state index contributed by atoms with van der Waals surface area (Å²) in [4.78, 5) is 20.3. The first-order valence-corrected chi connectivity index (χ1v) is 5.53. The summed E-state index contributed by atoms with van der Waals surface area (Å²) in [6.07, 6.45) is 3.21. The highest BCUT2D eigenvalue weighted by molar-refractivity contribution is 6.05. The molecule has 18 heavy (non-hydrogen) atoms. The monoisotopic (exact) mass is 242 g/mol. The maximum Gasteiger partial charge on any atom is 0.257 e. The molecule has 0 aliphatic heterocycles. The smallest absolute Gasteiger partial charge is 0.257 e. The van der Waals surface area contributed by atoms with E-state index in [-0.39, 0.29) is 5.91 Å². The van der Waals surface area contributed by atoms with Crippen molar-refractivity contribution in [3.05, 3.63) is 47.5 Å². The van der Waals surface area contributed by atoms with Gasteiger partial charge in [-0.2, -0.15) is 0 Å². The van der Waals surface area contributed by atoms with E-state index in [9.17, 15) is 4.79 Å². The van der Waals surface area contributed by atoms with Gasteiger partial charge < -0.3 is 11.1 Å². The van der Waals surface area contributed by atoms with Gasteiger partial charge in [-0.05, 0) is 32.0 Å². The number of hydrogen-bond donors (Lipinski definition) is 2. The molecule has 0 saturated heterocycles. The maximum atomic E-state index is 12.1. The van der Waals surface area contributed by atoms with E-state index >= 15 is 0 Å². The van der Waals surface area contributed by atoms with Gasteiger partial charge >= 0.3 is 0 Å². The number of pyridine rings is 2. The molecular weight excluding hydrogens is 228 g/mol. The molecular formula is C13H14N4O. The fraction of sp³-hybridized carbons (Fsp3) is 0.154. The van der Waals surface area contributed by atoms with Crippen LogP contribution in [0.15, 0.2) is 30.6 Å². The van der Waals surface area contributed by atoms with Gasteiger partial charge in [0.1, 0.15) is 0 Å². The Morgan fingerprint density at radius 1 is 1.28 bits per heavy atom. The van der Waals surface area contributed by atoms with Crippen LogP contribution in [0.4, 0.5) is 11.4 Å². The van der Waals surface area contributed by atoms with E-state index in [4.69, 9.17) is 5.73 Å². The van der Waals surface area contributed by atoms with Crippen LogP contribution in [0.1, 0.15) is 21.7 Å². The zero-order valence-corrected chi connectivity index (χ0v) is 10.3. The number of aromatic nitrogens is 2. The standard InChI is InChI=1S/C13H14N4O/c1-8-11(6-10(14)7-16-8)13(18)17-12-4-3-5-15-9(12)2/h3-7H,14H2,1-2H3,(H,17,18). The van der Waals surface area contributed by atoms with E-state index in [1.807, 2.05) is 6.92 Å². The second-order valence-electron chi connectivity index (χ2n) is 3.99. The highest BCUT2D eigenvalue weighted by atomic mass is 16.1. The molecule has 0 bridgehead atoms. The average molecular weight is 242 g/mol. The molecule has 0 saturated carbocycles. The summed E-state index contributed by atoms with van der Waals surface area (Å²) in [5.41, 5.74) is 8.66. The molecule has 2 aromatic rings. The van der Waals surface area contributed by atoms with Gasteiger partial charge in [-0.3, -0.25) is 14.8 Å². The van der Waals surface area contributed by atoms with Crippen molar-refractivity contribution < 1.29 is 4.79 Å². The molecule has 92 valence electrons. The molecule has 2 aromatic heterocycles. The molecule has 3 N–H and O–H groups in total. The molecule has 5 heteroatoms. The fourth-order valence-electron chi connectivity index (χ4n) is 1.59. The fourth-order valence-corrected chi connectivity index (χ4v) is 1.59. The Labute approximate surface area is 105 Å². The Bertz CT molecular complexity index is 595. The van der Waals surface area contributed by atoms with Gasteiger partial charge in [0.2, 0.25) is 0 Å². The summed E-state index contributed by atoms with van der Waals surface area (Å²) in [5, 5.41) is 2.80. The number of nitrogens with one attached hydrogen (secondary N) is 1. The molecule has 0 fully saturated rings. The Morgan fingerprint density at radius 2 is 2.06 bits per heavy atom. The highest BCUT2D eigenvalue weighted by Crippen LogP contribution is 2.15. The summed E-state index contributed by atoms with van der Waals surface area (Å²) < 4.78 is 0. The van der Waals surface area contributed by atoms with Gasteiger partial charge in [0.15, 0.2) is 0 Å². The number of nitrogens with zero attached hydrogens (tertiary/aromatic N) is 2. The van der Waals surface area contributed by atoms with Gasteiger partial charge in [0, 0.05) is 6.20 Å². The zero-order valence-electron chi connectivity index (χ0n) is 10.3. The van der Waals surface area contributed by atoms with Crippen LogP contribution >= 0.6 is 0 Å². The van der Waals surface area contributed by atoms with Gasteiger partial charge in [-0.1, -0.05) is 0 Å². The van der Waals surface area contributed by atoms with Crippen molar-refractivity contribution in [3.63, 3.8) is 0 Å². The van der Waals surface area contributed by atoms with E-state index in [1.165, 1.54) is 6.20 Å². The molecule has 2 heterocycles. The first kappa shape index (κ1) is 12.0. The Kier molecular flexibility index (Phi) is 3.23. The van der Waals surface area contributed by atoms with Crippen molar-refractivity contribution in [1.82, 2.24) is 9.97 Å². The normalized spacial score (nSPS) is 10.1. The van der Waals surface area contributed by atoms with E-state index in [2.05, 4.69) is 15.3 Å². The van der Waals surface area contributed by atoms with Gasteiger partial charge in [-0.15, -0.1) is 0 Å². The molecule has 0 unspecified atom stereocenters. The van der Waals surface area contributed by atoms with Crippen LogP contribution in [0, 0.1) is 13.8 Å². The predicted molar refractivity (Wildman–Crippen MR) is 70.3 cm³/mol. The number of aryl methyl sites for hydroxylation is 2. The lowest BCUT2D eigenvalue weighted by molar-refractivity contribution is 0.102. The number of anilines is 2. The van der Waals surface area contributed by atoms with Gasteiger partial charge in [-0.25, -0.2) is 0 Å². The minimum absolute atomic E-state index is 0.233. The van der Waals surface area contributed by atoms with Crippen molar-refractivity contribution in [3.8, 4) is 0 Å². The molecule has 0 spiro atoms. The topological polar surface area (TPSA) is 80.9 Å². The zero-order chi connectivity index (χ0) is 13.1. The third-order valence-corrected chi connectivity index (χ3v) is 2.61. The molecule has 2 rings (SSSR count). The van der Waals surface area contributed by atoms with E-state index in [0.29, 0.717) is 22.6 Å². The van der Waals surface area contributed by atoms with Crippen molar-refractivity contribution in [1.29, 1.82) is 0 Å². The minimum atomic E-state index is -0.233. The van der Waals surface area contributed by atoms with Crippen molar-refractivity contribution >= 4 is 17.3 Å². The van der Waals surface area contributed by atoms with Crippen LogP contribution in [-0.2, 0) is 0 Å². The minimum Gasteiger partial charge on any atom is -0.397 e. The summed E-state index contributed by atoms with van der Waals surface area (Å²) in [5.74, 6) is -0.233. The lowest BCUT2D eigenvalue weighted by Crippen LogP contribution is -2.15. The summed E-state index contributed by atoms with van der Waals surface area (Å²) in [6.45, 7) is 3.60. The number of carbonyl (C=O) groups is 1. The van der Waals surface area contributed by atoms with Crippen molar-refractivity contribution in [2.45, 2.75) is 13.8 Å². The van der Waals surface area contributed by atoms with E-state index in [1.54, 1.807) is 31.3 Å². The lowest BCUT2D eigenvalue weighted by atomic mass is 10.1. The number of amides is 1. The Morgan fingerprint density at radius 3 is 2.78 bits per heavy atom. The van der Waals surface area contributed by atoms with E-state index in [0.717, 1.165) is 5.69 Å². The third-order valence-electron chi connectivity index (χ3n) is 2.61. The molecule has 0 radical (unpaired) electrons. The van der Waals surface area contributed by atoms with Crippen LogP contribution in [0.2, 0.25) is 0 Å². The van der Waals surface area contributed by atoms with Crippen LogP contribution in [-0.4, -0.2) is 15.9 Å². The molecule has 0 aliphatic carbocycles. The summed E-state index contributed by atoms with van der Waals surface area (Å²) in [6, 6.07) is 5.19. The van der Waals surface area contributed by atoms with Gasteiger partial charge in [0.25, 0.3) is 5.91 Å². The van der Waals surface area contributed by atoms with Crippen LogP contribution in [0.5, 0.6) is 0 Å². The number of hydrogen-bond acceptors (Lipinski definition) is 4. The number of nitrogens with two attached hydrogens (primary N) is 1. The lowest BCUT2D eigenvalue weighted by Gasteiger charge is -2.09. The van der Waals surface area contributed by atoms with Gasteiger partial charge in [0.05, 0.1) is 34.5 Å². The maximum absolute atomic E-state index is 12.1. The van der Waals surface area contributed by atoms with Crippen LogP contribution in [0.3, 0.4) is 0 Å². The highest BCUT2D eigenvalue weighted by Gasteiger charge is 2.11. The quantitative estimate of drug-likeness (QED) is 0.843. The molecule has 0 aromatic carbocycles. The molecule has 0 aliphatic rings. The Balaban J connectivity index is 2.28. The summed E-state index contributed by atoms with van der Waals surface area (Å²) >= 11 is 0. The van der Waals surface area contributed by atoms with Crippen molar-refractivity contribution in [2.75, 3.05) is 11.1 Å². The largest absolute Gasteiger partial charge is 0.397 e.